The van der Waals surface area contributed by atoms with Crippen LogP contribution < -0.4 is 20.7 Å². The summed E-state index contributed by atoms with van der Waals surface area (Å²) in [4.78, 5) is 26.9. The number of anilines is 2. The summed E-state index contributed by atoms with van der Waals surface area (Å²) in [6, 6.07) is 19.0. The maximum Gasteiger partial charge on any atom is 0.248 e. The van der Waals surface area contributed by atoms with Gasteiger partial charge in [0.2, 0.25) is 11.8 Å². The Kier molecular flexibility index (Phi) is 6.07. The third kappa shape index (κ3) is 4.72. The molecule has 6 nitrogen and oxygen atoms in total. The van der Waals surface area contributed by atoms with Crippen molar-refractivity contribution < 1.29 is 18.7 Å². The number of nitrogens with two attached hydrogens (primary N) is 1. The summed E-state index contributed by atoms with van der Waals surface area (Å²) >= 11 is 0. The molecule has 0 spiro atoms. The molecule has 1 aliphatic heterocycles. The molecule has 3 aromatic rings. The van der Waals surface area contributed by atoms with Crippen LogP contribution in [-0.2, 0) is 17.8 Å². The molecule has 7 heteroatoms. The van der Waals surface area contributed by atoms with Gasteiger partial charge in [-0.15, -0.1) is 0 Å². The lowest BCUT2D eigenvalue weighted by Crippen LogP contribution is -2.33. The van der Waals surface area contributed by atoms with Crippen LogP contribution in [0.4, 0.5) is 15.8 Å². The van der Waals surface area contributed by atoms with Gasteiger partial charge in [-0.05, 0) is 60.0 Å². The van der Waals surface area contributed by atoms with E-state index in [0.29, 0.717) is 30.8 Å². The number of rotatable bonds is 6. The summed E-state index contributed by atoms with van der Waals surface area (Å²) in [5.41, 5.74) is 8.99. The zero-order chi connectivity index (χ0) is 22.7. The molecule has 1 unspecified atom stereocenters. The summed E-state index contributed by atoms with van der Waals surface area (Å²) in [5, 5.41) is 2.95. The first-order valence-corrected chi connectivity index (χ1v) is 10.3. The Balaban J connectivity index is 1.69. The van der Waals surface area contributed by atoms with Crippen LogP contribution in [0.5, 0.6) is 5.75 Å². The lowest BCUT2D eigenvalue weighted by Gasteiger charge is -2.27. The Labute approximate surface area is 185 Å². The van der Waals surface area contributed by atoms with Gasteiger partial charge in [0.1, 0.15) is 11.6 Å². The molecule has 0 aliphatic carbocycles. The molecule has 32 heavy (non-hydrogen) atoms. The first-order chi connectivity index (χ1) is 15.4. The third-order valence-corrected chi connectivity index (χ3v) is 5.59. The average molecular weight is 433 g/mol. The molecule has 164 valence electrons. The summed E-state index contributed by atoms with van der Waals surface area (Å²) in [5.74, 6) is -0.668. The van der Waals surface area contributed by atoms with Gasteiger partial charge in [-0.1, -0.05) is 24.3 Å². The number of hydrogen-bond donors (Lipinski definition) is 2. The van der Waals surface area contributed by atoms with Gasteiger partial charge in [-0.25, -0.2) is 4.39 Å². The quantitative estimate of drug-likeness (QED) is 0.620. The molecule has 0 saturated carbocycles. The van der Waals surface area contributed by atoms with Gasteiger partial charge >= 0.3 is 0 Å². The van der Waals surface area contributed by atoms with Crippen molar-refractivity contribution in [1.82, 2.24) is 0 Å². The van der Waals surface area contributed by atoms with Gasteiger partial charge in [0.25, 0.3) is 0 Å². The van der Waals surface area contributed by atoms with E-state index in [2.05, 4.69) is 10.2 Å². The van der Waals surface area contributed by atoms with Crippen molar-refractivity contribution in [2.24, 2.45) is 11.7 Å². The molecule has 0 aromatic heterocycles. The molecule has 1 atom stereocenters. The second-order valence-corrected chi connectivity index (χ2v) is 7.84. The Morgan fingerprint density at radius 2 is 1.91 bits per heavy atom. The van der Waals surface area contributed by atoms with E-state index in [1.807, 2.05) is 24.3 Å². The van der Waals surface area contributed by atoms with Gasteiger partial charge in [0.05, 0.1) is 24.4 Å². The SMILES string of the molecule is COc1cccc(CN2CC(Cc3ccc(F)cc3)C(=O)Nc3cc(C(N)=O)ccc32)c1. The van der Waals surface area contributed by atoms with Crippen LogP contribution in [-0.4, -0.2) is 25.5 Å². The number of nitrogens with zero attached hydrogens (tertiary/aromatic N) is 1. The predicted octanol–water partition coefficient (Wildman–Crippen LogP) is 3.75. The topological polar surface area (TPSA) is 84.7 Å². The highest BCUT2D eigenvalue weighted by molar-refractivity contribution is 6.01. The van der Waals surface area contributed by atoms with Gasteiger partial charge in [-0.2, -0.15) is 0 Å². The van der Waals surface area contributed by atoms with E-state index >= 15 is 0 Å². The standard InChI is InChI=1S/C25H24FN3O3/c1-32-21-4-2-3-17(12-21)14-29-15-19(11-16-5-8-20(26)9-6-16)25(31)28-22-13-18(24(27)30)7-10-23(22)29/h2-10,12-13,19H,11,14-15H2,1H3,(H2,27,30)(H,28,31). The Bertz CT molecular complexity index is 1150. The molecule has 1 heterocycles. The van der Waals surface area contributed by atoms with Crippen molar-refractivity contribution in [1.29, 1.82) is 0 Å². The van der Waals surface area contributed by atoms with E-state index < -0.39 is 5.91 Å². The number of carbonyl (C=O) groups excluding carboxylic acids is 2. The number of halogens is 1. The average Bonchev–Trinajstić information content (AvgIpc) is 2.91. The fourth-order valence-corrected chi connectivity index (χ4v) is 3.95. The molecule has 1 aliphatic rings. The first-order valence-electron chi connectivity index (χ1n) is 10.3. The lowest BCUT2D eigenvalue weighted by molar-refractivity contribution is -0.119. The minimum absolute atomic E-state index is 0.162. The number of benzene rings is 3. The predicted molar refractivity (Wildman–Crippen MR) is 121 cm³/mol. The van der Waals surface area contributed by atoms with Crippen LogP contribution in [0.2, 0.25) is 0 Å². The van der Waals surface area contributed by atoms with Gasteiger partial charge in [0, 0.05) is 18.7 Å². The number of amides is 2. The molecule has 0 fully saturated rings. The smallest absolute Gasteiger partial charge is 0.248 e. The molecular formula is C25H24FN3O3. The number of hydrogen-bond acceptors (Lipinski definition) is 4. The number of methoxy groups -OCH3 is 1. The highest BCUT2D eigenvalue weighted by atomic mass is 19.1. The fraction of sp³-hybridized carbons (Fsp3) is 0.200. The lowest BCUT2D eigenvalue weighted by atomic mass is 9.97. The normalized spacial score (nSPS) is 15.5. The van der Waals surface area contributed by atoms with Crippen LogP contribution in [0.15, 0.2) is 66.7 Å². The monoisotopic (exact) mass is 433 g/mol. The summed E-state index contributed by atoms with van der Waals surface area (Å²) in [6.07, 6.45) is 0.456. The zero-order valence-electron chi connectivity index (χ0n) is 17.7. The second-order valence-electron chi connectivity index (χ2n) is 7.84. The van der Waals surface area contributed by atoms with E-state index in [1.54, 1.807) is 37.4 Å². The summed E-state index contributed by atoms with van der Waals surface area (Å²) in [7, 11) is 1.62. The van der Waals surface area contributed by atoms with E-state index in [0.717, 1.165) is 22.6 Å². The molecule has 0 bridgehead atoms. The van der Waals surface area contributed by atoms with Gasteiger partial charge in [-0.3, -0.25) is 9.59 Å². The van der Waals surface area contributed by atoms with Crippen LogP contribution in [0, 0.1) is 11.7 Å². The van der Waals surface area contributed by atoms with Crippen molar-refractivity contribution in [2.45, 2.75) is 13.0 Å². The largest absolute Gasteiger partial charge is 0.497 e. The van der Waals surface area contributed by atoms with Crippen LogP contribution in [0.1, 0.15) is 21.5 Å². The van der Waals surface area contributed by atoms with Crippen molar-refractivity contribution in [3.63, 3.8) is 0 Å². The second kappa shape index (κ2) is 9.09. The minimum Gasteiger partial charge on any atom is -0.497 e. The fourth-order valence-electron chi connectivity index (χ4n) is 3.95. The first kappa shape index (κ1) is 21.4. The van der Waals surface area contributed by atoms with Crippen molar-refractivity contribution in [3.8, 4) is 5.75 Å². The van der Waals surface area contributed by atoms with Crippen molar-refractivity contribution in [2.75, 3.05) is 23.9 Å². The van der Waals surface area contributed by atoms with Gasteiger partial charge in [0.15, 0.2) is 0 Å². The number of nitrogens with one attached hydrogen (secondary N) is 1. The molecule has 0 radical (unpaired) electrons. The molecule has 2 amide bonds. The molecule has 0 saturated heterocycles. The van der Waals surface area contributed by atoms with Crippen molar-refractivity contribution >= 4 is 23.2 Å². The summed E-state index contributed by atoms with van der Waals surface area (Å²) < 4.78 is 18.7. The minimum atomic E-state index is -0.562. The Morgan fingerprint density at radius 3 is 2.62 bits per heavy atom. The van der Waals surface area contributed by atoms with Crippen LogP contribution in [0.3, 0.4) is 0 Å². The van der Waals surface area contributed by atoms with E-state index in [9.17, 15) is 14.0 Å². The van der Waals surface area contributed by atoms with Crippen LogP contribution >= 0.6 is 0 Å². The van der Waals surface area contributed by atoms with Crippen molar-refractivity contribution in [3.05, 3.63) is 89.2 Å². The maximum absolute atomic E-state index is 13.3. The van der Waals surface area contributed by atoms with Gasteiger partial charge < -0.3 is 20.7 Å². The number of ether oxygens (including phenoxy) is 1. The molecule has 4 rings (SSSR count). The highest BCUT2D eigenvalue weighted by Crippen LogP contribution is 2.33. The van der Waals surface area contributed by atoms with Crippen LogP contribution in [0.25, 0.3) is 0 Å². The number of fused-ring (bicyclic) bond motifs is 1. The van der Waals surface area contributed by atoms with E-state index in [-0.39, 0.29) is 17.6 Å². The molecular weight excluding hydrogens is 409 g/mol. The number of carbonyl (C=O) groups is 2. The molecule has 3 N–H and O–H groups in total. The summed E-state index contributed by atoms with van der Waals surface area (Å²) in [6.45, 7) is 0.984. The molecule has 3 aromatic carbocycles. The van der Waals surface area contributed by atoms with E-state index in [1.165, 1.54) is 12.1 Å². The number of primary amides is 1. The highest BCUT2D eigenvalue weighted by Gasteiger charge is 2.29. The zero-order valence-corrected chi connectivity index (χ0v) is 17.7. The van der Waals surface area contributed by atoms with E-state index in [4.69, 9.17) is 10.5 Å². The maximum atomic E-state index is 13.3. The Morgan fingerprint density at radius 1 is 1.12 bits per heavy atom. The third-order valence-electron chi connectivity index (χ3n) is 5.59. The Hall–Kier alpha value is -3.87.